The number of carbonyl (C=O) groups excluding carboxylic acids is 1. The zero-order valence-electron chi connectivity index (χ0n) is 35.7. The average Bonchev–Trinajstić information content (AvgIpc) is 3.12. The van der Waals surface area contributed by atoms with Crippen molar-refractivity contribution in [2.24, 2.45) is 0 Å². The second-order valence-corrected chi connectivity index (χ2v) is 17.5. The van der Waals surface area contributed by atoms with E-state index in [1.165, 1.54) is 103 Å². The van der Waals surface area contributed by atoms with Crippen LogP contribution in [0.4, 0.5) is 0 Å². The first-order valence-corrected chi connectivity index (χ1v) is 23.5. The van der Waals surface area contributed by atoms with Crippen molar-refractivity contribution in [3.05, 3.63) is 48.6 Å². The third-order valence-corrected chi connectivity index (χ3v) is 10.5. The lowest BCUT2D eigenvalue weighted by molar-refractivity contribution is -0.870. The molecule has 54 heavy (non-hydrogen) atoms. The van der Waals surface area contributed by atoms with Crippen molar-refractivity contribution in [3.8, 4) is 0 Å². The second-order valence-electron chi connectivity index (χ2n) is 16.1. The van der Waals surface area contributed by atoms with Crippen molar-refractivity contribution >= 4 is 13.7 Å². The zero-order valence-corrected chi connectivity index (χ0v) is 36.6. The van der Waals surface area contributed by atoms with E-state index in [4.69, 9.17) is 9.05 Å². The standard InChI is InChI=1S/C45H85N2O6P/c1-6-8-10-12-14-16-18-20-22-23-25-26-28-30-32-34-36-38-44(48)43(42-53-54(50,51)52-41-40-47(3,4)5)46-45(49)39-37-35-33-31-29-27-24-21-19-17-15-13-11-9-7-2/h15,17,19,21,28,30,36,38,43-44,48H,6-14,16,18,20,22-27,29,31-35,37,39-42H2,1-5H3,(H-,46,49,50,51)/b17-15-,21-19-,30-28+,38-36+. The number of allylic oxidation sites excluding steroid dienone is 7. The van der Waals surface area contributed by atoms with Crippen LogP contribution < -0.4 is 10.2 Å². The molecule has 8 nitrogen and oxygen atoms in total. The molecule has 0 aliphatic rings. The van der Waals surface area contributed by atoms with Crippen LogP contribution in [0.2, 0.25) is 0 Å². The summed E-state index contributed by atoms with van der Waals surface area (Å²) in [5.74, 6) is -0.221. The Morgan fingerprint density at radius 1 is 0.648 bits per heavy atom. The molecule has 1 amide bonds. The summed E-state index contributed by atoms with van der Waals surface area (Å²) in [4.78, 5) is 25.3. The smallest absolute Gasteiger partial charge is 0.268 e. The number of hydrogen-bond acceptors (Lipinski definition) is 6. The van der Waals surface area contributed by atoms with Gasteiger partial charge in [0.1, 0.15) is 13.2 Å². The number of carbonyl (C=O) groups is 1. The van der Waals surface area contributed by atoms with Crippen LogP contribution in [-0.4, -0.2) is 68.5 Å². The third kappa shape index (κ3) is 38.7. The molecule has 0 heterocycles. The summed E-state index contributed by atoms with van der Waals surface area (Å²) in [5, 5.41) is 13.7. The molecule has 0 radical (unpaired) electrons. The summed E-state index contributed by atoms with van der Waals surface area (Å²) in [6, 6.07) is -0.908. The van der Waals surface area contributed by atoms with Crippen molar-refractivity contribution in [2.75, 3.05) is 40.9 Å². The minimum Gasteiger partial charge on any atom is -0.756 e. The Bertz CT molecular complexity index is 1020. The molecule has 9 heteroatoms. The van der Waals surface area contributed by atoms with Gasteiger partial charge >= 0.3 is 0 Å². The van der Waals surface area contributed by atoms with E-state index < -0.39 is 26.6 Å². The van der Waals surface area contributed by atoms with Crippen LogP contribution in [0.5, 0.6) is 0 Å². The molecule has 2 N–H and O–H groups in total. The van der Waals surface area contributed by atoms with Gasteiger partial charge < -0.3 is 28.8 Å². The molecule has 0 saturated carbocycles. The highest BCUT2D eigenvalue weighted by atomic mass is 31.2. The molecule has 0 spiro atoms. The van der Waals surface area contributed by atoms with Crippen LogP contribution in [0.25, 0.3) is 0 Å². The number of likely N-dealkylation sites (N-methyl/N-ethyl adjacent to an activating group) is 1. The van der Waals surface area contributed by atoms with Crippen LogP contribution in [0, 0.1) is 0 Å². The fourth-order valence-electron chi connectivity index (χ4n) is 5.98. The number of phosphoric acid groups is 1. The highest BCUT2D eigenvalue weighted by Crippen LogP contribution is 2.38. The number of unbranched alkanes of at least 4 members (excludes halogenated alkanes) is 21. The zero-order chi connectivity index (χ0) is 40.0. The maximum Gasteiger partial charge on any atom is 0.268 e. The van der Waals surface area contributed by atoms with Gasteiger partial charge in [-0.2, -0.15) is 0 Å². The molecule has 0 aliphatic carbocycles. The maximum absolute atomic E-state index is 12.8. The maximum atomic E-state index is 12.8. The van der Waals surface area contributed by atoms with Gasteiger partial charge in [-0.1, -0.05) is 165 Å². The van der Waals surface area contributed by atoms with E-state index in [0.29, 0.717) is 17.4 Å². The number of aliphatic hydroxyl groups excluding tert-OH is 1. The van der Waals surface area contributed by atoms with E-state index in [9.17, 15) is 19.4 Å². The molecule has 0 bridgehead atoms. The number of amides is 1. The molecule has 0 aromatic heterocycles. The first-order chi connectivity index (χ1) is 26.0. The van der Waals surface area contributed by atoms with Crippen molar-refractivity contribution in [2.45, 2.75) is 193 Å². The number of nitrogens with zero attached hydrogens (tertiary/aromatic N) is 1. The molecule has 0 aromatic rings. The number of nitrogens with one attached hydrogen (secondary N) is 1. The molecular weight excluding hydrogens is 695 g/mol. The monoisotopic (exact) mass is 781 g/mol. The van der Waals surface area contributed by atoms with Crippen molar-refractivity contribution in [1.29, 1.82) is 0 Å². The van der Waals surface area contributed by atoms with Gasteiger partial charge in [0.05, 0.1) is 39.9 Å². The van der Waals surface area contributed by atoms with E-state index in [1.54, 1.807) is 6.08 Å². The molecule has 0 aliphatic heterocycles. The number of rotatable bonds is 39. The minimum atomic E-state index is -4.60. The lowest BCUT2D eigenvalue weighted by Crippen LogP contribution is -2.45. The van der Waals surface area contributed by atoms with Gasteiger partial charge in [-0.15, -0.1) is 0 Å². The van der Waals surface area contributed by atoms with Gasteiger partial charge in [0.2, 0.25) is 5.91 Å². The summed E-state index contributed by atoms with van der Waals surface area (Å²) < 4.78 is 23.2. The molecule has 316 valence electrons. The number of aliphatic hydroxyl groups is 1. The van der Waals surface area contributed by atoms with Crippen molar-refractivity contribution in [3.63, 3.8) is 0 Å². The van der Waals surface area contributed by atoms with Crippen LogP contribution in [0.1, 0.15) is 181 Å². The topological polar surface area (TPSA) is 108 Å². The van der Waals surface area contributed by atoms with Crippen molar-refractivity contribution in [1.82, 2.24) is 5.32 Å². The Balaban J connectivity index is 4.52. The minimum absolute atomic E-state index is 0.0101. The quantitative estimate of drug-likeness (QED) is 0.0211. The third-order valence-electron chi connectivity index (χ3n) is 9.54. The van der Waals surface area contributed by atoms with Gasteiger partial charge in [0.25, 0.3) is 7.82 Å². The first kappa shape index (κ1) is 52.5. The highest BCUT2D eigenvalue weighted by molar-refractivity contribution is 7.45. The van der Waals surface area contributed by atoms with Crippen LogP contribution >= 0.6 is 7.82 Å². The van der Waals surface area contributed by atoms with E-state index in [-0.39, 0.29) is 12.5 Å². The van der Waals surface area contributed by atoms with Crippen molar-refractivity contribution < 1.29 is 32.9 Å². The molecule has 0 rings (SSSR count). The highest BCUT2D eigenvalue weighted by Gasteiger charge is 2.23. The van der Waals surface area contributed by atoms with Gasteiger partial charge in [-0.3, -0.25) is 9.36 Å². The van der Waals surface area contributed by atoms with Gasteiger partial charge in [0, 0.05) is 6.42 Å². The first-order valence-electron chi connectivity index (χ1n) is 22.0. The lowest BCUT2D eigenvalue weighted by Gasteiger charge is -2.29. The van der Waals surface area contributed by atoms with Gasteiger partial charge in [-0.25, -0.2) is 0 Å². The van der Waals surface area contributed by atoms with E-state index in [0.717, 1.165) is 57.8 Å². The number of phosphoric ester groups is 1. The lowest BCUT2D eigenvalue weighted by atomic mass is 10.1. The van der Waals surface area contributed by atoms with Crippen LogP contribution in [-0.2, 0) is 18.4 Å². The van der Waals surface area contributed by atoms with E-state index in [1.807, 2.05) is 27.2 Å². The molecule has 0 aromatic carbocycles. The summed E-state index contributed by atoms with van der Waals surface area (Å²) in [7, 11) is 1.23. The Labute approximate surface area is 333 Å². The molecule has 0 saturated heterocycles. The molecule has 3 atom stereocenters. The molecular formula is C45H85N2O6P. The van der Waals surface area contributed by atoms with Crippen LogP contribution in [0.3, 0.4) is 0 Å². The normalized spacial score (nSPS) is 14.9. The summed E-state index contributed by atoms with van der Waals surface area (Å²) in [5.41, 5.74) is 0. The largest absolute Gasteiger partial charge is 0.756 e. The van der Waals surface area contributed by atoms with Crippen LogP contribution in [0.15, 0.2) is 48.6 Å². The Kier molecular flexibility index (Phi) is 36.0. The van der Waals surface area contributed by atoms with Gasteiger partial charge in [0.15, 0.2) is 0 Å². The van der Waals surface area contributed by atoms with Gasteiger partial charge in [-0.05, 0) is 57.8 Å². The Morgan fingerprint density at radius 3 is 1.65 bits per heavy atom. The predicted molar refractivity (Wildman–Crippen MR) is 228 cm³/mol. The second kappa shape index (κ2) is 37.1. The number of hydrogen-bond donors (Lipinski definition) is 2. The number of quaternary nitrogens is 1. The predicted octanol–water partition coefficient (Wildman–Crippen LogP) is 11.4. The van der Waals surface area contributed by atoms with E-state index in [2.05, 4.69) is 55.6 Å². The summed E-state index contributed by atoms with van der Waals surface area (Å²) in [6.07, 6.45) is 45.8. The fraction of sp³-hybridized carbons (Fsp3) is 0.800. The Morgan fingerprint density at radius 2 is 1.09 bits per heavy atom. The SMILES string of the molecule is CCCCC/C=C\C=C/CCCCCCCCC(=O)NC(COP(=O)([O-])OCC[N+](C)(C)C)C(O)/C=C/CC/C=C/CCCCCCCCCCCCC. The Hall–Kier alpha value is -1.54. The summed E-state index contributed by atoms with van der Waals surface area (Å²) in [6.45, 7) is 4.57. The molecule has 0 fully saturated rings. The molecule has 3 unspecified atom stereocenters. The van der Waals surface area contributed by atoms with E-state index >= 15 is 0 Å². The fourth-order valence-corrected chi connectivity index (χ4v) is 6.70. The summed E-state index contributed by atoms with van der Waals surface area (Å²) >= 11 is 0. The average molecular weight is 781 g/mol.